The molecule has 24 heavy (non-hydrogen) atoms. The first-order valence-corrected chi connectivity index (χ1v) is 7.54. The number of para-hydroxylation sites is 2. The monoisotopic (exact) mass is 326 g/mol. The highest BCUT2D eigenvalue weighted by atomic mass is 16.5. The van der Waals surface area contributed by atoms with Gasteiger partial charge in [0.1, 0.15) is 17.5 Å². The van der Waals surface area contributed by atoms with Crippen LogP contribution in [-0.2, 0) is 9.59 Å². The number of benzene rings is 2. The molecule has 1 aliphatic rings. The van der Waals surface area contributed by atoms with Crippen LogP contribution in [0.15, 0.2) is 48.5 Å². The van der Waals surface area contributed by atoms with Crippen LogP contribution in [0.1, 0.15) is 6.42 Å². The van der Waals surface area contributed by atoms with Crippen molar-refractivity contribution in [1.29, 1.82) is 0 Å². The number of nitrogens with zero attached hydrogens (tertiary/aromatic N) is 1. The van der Waals surface area contributed by atoms with Crippen molar-refractivity contribution in [2.75, 3.05) is 24.4 Å². The minimum Gasteiger partial charge on any atom is -0.497 e. The first-order chi connectivity index (χ1) is 11.6. The van der Waals surface area contributed by atoms with Crippen LogP contribution in [0, 0.1) is 0 Å². The number of amides is 2. The topological polar surface area (TPSA) is 67.9 Å². The van der Waals surface area contributed by atoms with Crippen LogP contribution in [-0.4, -0.2) is 32.1 Å². The molecule has 1 fully saturated rings. The molecule has 2 aromatic rings. The zero-order chi connectivity index (χ0) is 17.1. The Morgan fingerprint density at radius 1 is 1.00 bits per heavy atom. The fraction of sp³-hybridized carbons (Fsp3) is 0.222. The van der Waals surface area contributed by atoms with Crippen LogP contribution in [0.25, 0.3) is 0 Å². The third-order valence-corrected chi connectivity index (χ3v) is 3.90. The summed E-state index contributed by atoms with van der Waals surface area (Å²) in [4.78, 5) is 26.2. The molecule has 1 unspecified atom stereocenters. The van der Waals surface area contributed by atoms with Gasteiger partial charge in [-0.25, -0.2) is 4.90 Å². The molecule has 0 spiro atoms. The Hall–Kier alpha value is -3.02. The molecule has 3 rings (SSSR count). The quantitative estimate of drug-likeness (QED) is 0.855. The summed E-state index contributed by atoms with van der Waals surface area (Å²) in [5, 5.41) is 3.10. The standard InChI is InChI=1S/C18H18N2O4/c1-23-13-9-7-12(8-10-13)19-14-11-17(21)20(18(14)22)15-5-3-4-6-16(15)24-2/h3-10,14,19H,11H2,1-2H3. The molecule has 0 bridgehead atoms. The number of imide groups is 1. The van der Waals surface area contributed by atoms with Crippen LogP contribution in [0.5, 0.6) is 11.5 Å². The average Bonchev–Trinajstić information content (AvgIpc) is 2.89. The van der Waals surface area contributed by atoms with E-state index in [4.69, 9.17) is 9.47 Å². The van der Waals surface area contributed by atoms with E-state index in [0.717, 1.165) is 11.4 Å². The summed E-state index contributed by atoms with van der Waals surface area (Å²) in [7, 11) is 3.10. The van der Waals surface area contributed by atoms with E-state index in [9.17, 15) is 9.59 Å². The summed E-state index contributed by atoms with van der Waals surface area (Å²) in [6.45, 7) is 0. The van der Waals surface area contributed by atoms with E-state index in [1.807, 2.05) is 12.1 Å². The Morgan fingerprint density at radius 3 is 2.38 bits per heavy atom. The summed E-state index contributed by atoms with van der Waals surface area (Å²) >= 11 is 0. The Bertz CT molecular complexity index is 758. The van der Waals surface area contributed by atoms with Crippen molar-refractivity contribution in [3.05, 3.63) is 48.5 Å². The molecule has 1 aliphatic heterocycles. The first-order valence-electron chi connectivity index (χ1n) is 7.54. The predicted octanol–water partition coefficient (Wildman–Crippen LogP) is 2.45. The van der Waals surface area contributed by atoms with E-state index in [0.29, 0.717) is 11.4 Å². The molecule has 1 saturated heterocycles. The van der Waals surface area contributed by atoms with Gasteiger partial charge in [-0.3, -0.25) is 9.59 Å². The smallest absolute Gasteiger partial charge is 0.256 e. The molecule has 0 saturated carbocycles. The summed E-state index contributed by atoms with van der Waals surface area (Å²) in [5.74, 6) is 0.671. The number of ether oxygens (including phenoxy) is 2. The maximum absolute atomic E-state index is 12.7. The first kappa shape index (κ1) is 15.9. The van der Waals surface area contributed by atoms with E-state index in [-0.39, 0.29) is 18.2 Å². The van der Waals surface area contributed by atoms with Crippen LogP contribution in [0.3, 0.4) is 0 Å². The number of hydrogen-bond donors (Lipinski definition) is 1. The van der Waals surface area contributed by atoms with Gasteiger partial charge in [0.2, 0.25) is 5.91 Å². The third-order valence-electron chi connectivity index (χ3n) is 3.90. The molecular weight excluding hydrogens is 308 g/mol. The van der Waals surface area contributed by atoms with Gasteiger partial charge in [0, 0.05) is 5.69 Å². The lowest BCUT2D eigenvalue weighted by Gasteiger charge is -2.18. The highest BCUT2D eigenvalue weighted by Crippen LogP contribution is 2.32. The van der Waals surface area contributed by atoms with Crippen LogP contribution in [0.2, 0.25) is 0 Å². The number of carbonyl (C=O) groups is 2. The van der Waals surface area contributed by atoms with Crippen molar-refractivity contribution in [3.63, 3.8) is 0 Å². The SMILES string of the molecule is COc1ccc(NC2CC(=O)N(c3ccccc3OC)C2=O)cc1. The van der Waals surface area contributed by atoms with Gasteiger partial charge in [-0.05, 0) is 36.4 Å². The van der Waals surface area contributed by atoms with Crippen LogP contribution < -0.4 is 19.7 Å². The van der Waals surface area contributed by atoms with E-state index >= 15 is 0 Å². The van der Waals surface area contributed by atoms with E-state index in [2.05, 4.69) is 5.32 Å². The molecule has 6 heteroatoms. The summed E-state index contributed by atoms with van der Waals surface area (Å²) < 4.78 is 10.4. The predicted molar refractivity (Wildman–Crippen MR) is 90.5 cm³/mol. The van der Waals surface area contributed by atoms with E-state index in [1.54, 1.807) is 43.5 Å². The zero-order valence-corrected chi connectivity index (χ0v) is 13.5. The van der Waals surface area contributed by atoms with Gasteiger partial charge < -0.3 is 14.8 Å². The summed E-state index contributed by atoms with van der Waals surface area (Å²) in [6.07, 6.45) is 0.100. The van der Waals surface area contributed by atoms with Crippen molar-refractivity contribution >= 4 is 23.2 Å². The van der Waals surface area contributed by atoms with Crippen molar-refractivity contribution in [3.8, 4) is 11.5 Å². The van der Waals surface area contributed by atoms with Gasteiger partial charge in [-0.1, -0.05) is 12.1 Å². The molecule has 1 heterocycles. The fourth-order valence-electron chi connectivity index (χ4n) is 2.70. The molecule has 1 atom stereocenters. The molecule has 6 nitrogen and oxygen atoms in total. The molecule has 2 aromatic carbocycles. The lowest BCUT2D eigenvalue weighted by Crippen LogP contribution is -2.35. The van der Waals surface area contributed by atoms with Gasteiger partial charge in [-0.15, -0.1) is 0 Å². The highest BCUT2D eigenvalue weighted by molar-refractivity contribution is 6.23. The molecule has 1 N–H and O–H groups in total. The van der Waals surface area contributed by atoms with Crippen LogP contribution >= 0.6 is 0 Å². The molecule has 0 aromatic heterocycles. The Kier molecular flexibility index (Phi) is 4.37. The van der Waals surface area contributed by atoms with Crippen molar-refractivity contribution in [2.24, 2.45) is 0 Å². The maximum atomic E-state index is 12.7. The molecular formula is C18H18N2O4. The lowest BCUT2D eigenvalue weighted by atomic mass is 10.2. The normalized spacial score (nSPS) is 17.1. The third kappa shape index (κ3) is 2.90. The Balaban J connectivity index is 1.81. The van der Waals surface area contributed by atoms with Gasteiger partial charge in [0.05, 0.1) is 26.3 Å². The molecule has 124 valence electrons. The summed E-state index contributed by atoms with van der Waals surface area (Å²) in [6, 6.07) is 13.6. The number of carbonyl (C=O) groups excluding carboxylic acids is 2. The van der Waals surface area contributed by atoms with E-state index in [1.165, 1.54) is 12.0 Å². The van der Waals surface area contributed by atoms with Gasteiger partial charge in [0.25, 0.3) is 5.91 Å². The Labute approximate surface area is 140 Å². The number of anilines is 2. The van der Waals surface area contributed by atoms with Gasteiger partial charge in [0.15, 0.2) is 0 Å². The molecule has 2 amide bonds. The fourth-order valence-corrected chi connectivity index (χ4v) is 2.70. The minimum atomic E-state index is -0.601. The molecule has 0 aliphatic carbocycles. The second-order valence-corrected chi connectivity index (χ2v) is 5.37. The number of methoxy groups -OCH3 is 2. The van der Waals surface area contributed by atoms with Crippen molar-refractivity contribution in [1.82, 2.24) is 0 Å². The van der Waals surface area contributed by atoms with Crippen molar-refractivity contribution < 1.29 is 19.1 Å². The number of rotatable bonds is 5. The maximum Gasteiger partial charge on any atom is 0.256 e. The van der Waals surface area contributed by atoms with Gasteiger partial charge in [-0.2, -0.15) is 0 Å². The average molecular weight is 326 g/mol. The number of hydrogen-bond acceptors (Lipinski definition) is 5. The lowest BCUT2D eigenvalue weighted by molar-refractivity contribution is -0.121. The second kappa shape index (κ2) is 6.62. The Morgan fingerprint density at radius 2 is 1.71 bits per heavy atom. The van der Waals surface area contributed by atoms with Crippen LogP contribution in [0.4, 0.5) is 11.4 Å². The van der Waals surface area contributed by atoms with E-state index < -0.39 is 6.04 Å². The molecule has 0 radical (unpaired) electrons. The largest absolute Gasteiger partial charge is 0.497 e. The van der Waals surface area contributed by atoms with Gasteiger partial charge >= 0.3 is 0 Å². The minimum absolute atomic E-state index is 0.100. The zero-order valence-electron chi connectivity index (χ0n) is 13.5. The second-order valence-electron chi connectivity index (χ2n) is 5.37. The van der Waals surface area contributed by atoms with Crippen molar-refractivity contribution in [2.45, 2.75) is 12.5 Å². The highest BCUT2D eigenvalue weighted by Gasteiger charge is 2.40. The summed E-state index contributed by atoms with van der Waals surface area (Å²) in [5.41, 5.74) is 1.22. The number of nitrogens with one attached hydrogen (secondary N) is 1.